The largest absolute Gasteiger partial charge is 0.420 e. The van der Waals surface area contributed by atoms with Crippen LogP contribution in [-0.4, -0.2) is 61.1 Å². The number of rotatable bonds is 19. The Kier molecular flexibility index (Phi) is 15.7. The molecule has 0 spiro atoms. The summed E-state index contributed by atoms with van der Waals surface area (Å²) in [6.07, 6.45) is -0.257. The first-order chi connectivity index (χ1) is 21.8. The minimum atomic E-state index is -2.37. The molecule has 0 aromatic heterocycles. The van der Waals surface area contributed by atoms with E-state index in [4.69, 9.17) is 14.6 Å². The third-order valence-corrected chi connectivity index (χ3v) is 6.59. The molecule has 2 atom stereocenters. The molecule has 0 unspecified atom stereocenters. The summed E-state index contributed by atoms with van der Waals surface area (Å²) in [5, 5.41) is 14.6. The fourth-order valence-electron chi connectivity index (χ4n) is 4.00. The van der Waals surface area contributed by atoms with Crippen LogP contribution in [0.3, 0.4) is 0 Å². The van der Waals surface area contributed by atoms with Crippen LogP contribution in [0.2, 0.25) is 0 Å². The van der Waals surface area contributed by atoms with Crippen LogP contribution in [0, 0.1) is 40.9 Å². The molecule has 254 valence electrons. The highest BCUT2D eigenvalue weighted by Crippen LogP contribution is 2.29. The van der Waals surface area contributed by atoms with Crippen molar-refractivity contribution in [1.29, 1.82) is 0 Å². The Morgan fingerprint density at radius 3 is 1.91 bits per heavy atom. The van der Waals surface area contributed by atoms with Gasteiger partial charge >= 0.3 is 5.97 Å². The van der Waals surface area contributed by atoms with Gasteiger partial charge in [0.15, 0.2) is 5.78 Å². The summed E-state index contributed by atoms with van der Waals surface area (Å²) in [5.41, 5.74) is 1.22. The lowest BCUT2D eigenvalue weighted by atomic mass is 9.92. The van der Waals surface area contributed by atoms with E-state index in [2.05, 4.69) is 15.4 Å². The number of hydrogen-bond donors (Lipinski definition) is 3. The molecule has 0 aliphatic heterocycles. The lowest BCUT2D eigenvalue weighted by molar-refractivity contribution is -0.136. The average Bonchev–Trinajstić information content (AvgIpc) is 3.02. The first-order valence-corrected chi connectivity index (χ1v) is 14.5. The van der Waals surface area contributed by atoms with Crippen LogP contribution >= 0.6 is 0 Å². The monoisotopic (exact) mass is 660 g/mol. The molecule has 0 heterocycles. The predicted octanol–water partition coefficient (Wildman–Crippen LogP) is 4.36. The molecule has 2 rings (SSSR count). The Morgan fingerprint density at radius 1 is 0.783 bits per heavy atom. The molecule has 0 aliphatic carbocycles. The van der Waals surface area contributed by atoms with Crippen LogP contribution in [0.4, 0.5) is 27.6 Å². The van der Waals surface area contributed by atoms with Gasteiger partial charge in [0.05, 0.1) is 38.9 Å². The standard InChI is InChI=1S/C31H37F5N2O8/c1-17(2)29(21(40)15-18(3)31(43)37-20-8-6-19(16-39)7-9-20)38-22(41)5-4-11-44-13-14-45-12-10-23(42)46-30-27(35)25(33)24(32)26(34)28(30)36/h6-9,17-18,29,39H,4-5,10-16H2,1-3H3,(H,37,43)(H,38,41)/t18-,29+/m1/s1. The number of Topliss-reactive ketones (excluding diaryl/α,β-unsaturated/α-hetero) is 1. The molecule has 0 saturated carbocycles. The van der Waals surface area contributed by atoms with E-state index in [1.165, 1.54) is 0 Å². The number of anilines is 1. The Morgan fingerprint density at radius 2 is 1.35 bits per heavy atom. The molecule has 15 heteroatoms. The van der Waals surface area contributed by atoms with Crippen molar-refractivity contribution in [2.45, 2.75) is 59.1 Å². The van der Waals surface area contributed by atoms with E-state index < -0.39 is 59.2 Å². The van der Waals surface area contributed by atoms with Crippen molar-refractivity contribution in [2.75, 3.05) is 31.7 Å². The highest BCUT2D eigenvalue weighted by molar-refractivity contribution is 5.97. The van der Waals surface area contributed by atoms with Crippen LogP contribution in [0.1, 0.15) is 52.0 Å². The quantitative estimate of drug-likeness (QED) is 0.0505. The Bertz CT molecular complexity index is 1330. The number of benzene rings is 2. The molecule has 2 aromatic rings. The van der Waals surface area contributed by atoms with Gasteiger partial charge in [-0.15, -0.1) is 0 Å². The van der Waals surface area contributed by atoms with Gasteiger partial charge in [-0.3, -0.25) is 19.2 Å². The van der Waals surface area contributed by atoms with Crippen LogP contribution < -0.4 is 15.4 Å². The van der Waals surface area contributed by atoms with Crippen LogP contribution in [0.5, 0.6) is 5.75 Å². The second kappa shape index (κ2) is 18.9. The summed E-state index contributed by atoms with van der Waals surface area (Å²) in [7, 11) is 0. The summed E-state index contributed by atoms with van der Waals surface area (Å²) in [6.45, 7) is 4.97. The highest BCUT2D eigenvalue weighted by Gasteiger charge is 2.29. The van der Waals surface area contributed by atoms with Crippen molar-refractivity contribution in [3.63, 3.8) is 0 Å². The van der Waals surface area contributed by atoms with E-state index in [0.717, 1.165) is 0 Å². The minimum absolute atomic E-state index is 0.00827. The Hall–Kier alpha value is -3.95. The van der Waals surface area contributed by atoms with Gasteiger partial charge in [0.1, 0.15) is 0 Å². The molecule has 0 fully saturated rings. The fourth-order valence-corrected chi connectivity index (χ4v) is 4.00. The first-order valence-electron chi connectivity index (χ1n) is 14.5. The maximum Gasteiger partial charge on any atom is 0.313 e. The van der Waals surface area contributed by atoms with Gasteiger partial charge in [-0.05, 0) is 30.0 Å². The highest BCUT2D eigenvalue weighted by atomic mass is 19.2. The van der Waals surface area contributed by atoms with Crippen molar-refractivity contribution in [2.24, 2.45) is 11.8 Å². The molecule has 0 radical (unpaired) electrons. The second-order valence-electron chi connectivity index (χ2n) is 10.7. The number of aliphatic hydroxyl groups is 1. The van der Waals surface area contributed by atoms with Gasteiger partial charge in [-0.25, -0.2) is 13.2 Å². The Balaban J connectivity index is 1.63. The number of hydrogen-bond acceptors (Lipinski definition) is 8. The van der Waals surface area contributed by atoms with Crippen molar-refractivity contribution >= 4 is 29.3 Å². The van der Waals surface area contributed by atoms with Crippen molar-refractivity contribution in [3.8, 4) is 5.75 Å². The first kappa shape index (κ1) is 38.2. The summed E-state index contributed by atoms with van der Waals surface area (Å²) in [6, 6.07) is 5.84. The number of nitrogens with one attached hydrogen (secondary N) is 2. The third-order valence-electron chi connectivity index (χ3n) is 6.59. The molecular weight excluding hydrogens is 623 g/mol. The number of amides is 2. The van der Waals surface area contributed by atoms with Gasteiger partial charge in [-0.2, -0.15) is 8.78 Å². The van der Waals surface area contributed by atoms with Crippen molar-refractivity contribution < 1.29 is 60.4 Å². The molecule has 2 amide bonds. The molecule has 2 aromatic carbocycles. The van der Waals surface area contributed by atoms with Crippen molar-refractivity contribution in [1.82, 2.24) is 5.32 Å². The SMILES string of the molecule is CC(C)[C@H](NC(=O)CCCOCCOCCC(=O)Oc1c(F)c(F)c(F)c(F)c1F)C(=O)C[C@@H](C)C(=O)Nc1ccc(CO)cc1. The van der Waals surface area contributed by atoms with Crippen LogP contribution in [0.25, 0.3) is 0 Å². The number of esters is 1. The number of carbonyl (C=O) groups excluding carboxylic acids is 4. The van der Waals surface area contributed by atoms with Gasteiger partial charge in [0.2, 0.25) is 46.6 Å². The molecule has 0 saturated heterocycles. The lowest BCUT2D eigenvalue weighted by Crippen LogP contribution is -2.45. The van der Waals surface area contributed by atoms with Gasteiger partial charge < -0.3 is 30.0 Å². The van der Waals surface area contributed by atoms with Crippen LogP contribution in [0.15, 0.2) is 24.3 Å². The smallest absolute Gasteiger partial charge is 0.313 e. The fraction of sp³-hybridized carbons (Fsp3) is 0.484. The van der Waals surface area contributed by atoms with E-state index in [1.807, 2.05) is 0 Å². The summed E-state index contributed by atoms with van der Waals surface area (Å²) in [5.74, 6) is -16.3. The summed E-state index contributed by atoms with van der Waals surface area (Å²) in [4.78, 5) is 49.6. The maximum atomic E-state index is 13.6. The van der Waals surface area contributed by atoms with Crippen molar-refractivity contribution in [3.05, 3.63) is 58.9 Å². The molecule has 46 heavy (non-hydrogen) atoms. The zero-order chi connectivity index (χ0) is 34.4. The van der Waals surface area contributed by atoms with E-state index in [0.29, 0.717) is 17.7 Å². The number of ether oxygens (including phenoxy) is 3. The lowest BCUT2D eigenvalue weighted by Gasteiger charge is -2.23. The van der Waals surface area contributed by atoms with Crippen LogP contribution in [-0.2, 0) is 35.3 Å². The summed E-state index contributed by atoms with van der Waals surface area (Å²) >= 11 is 0. The van der Waals surface area contributed by atoms with E-state index in [9.17, 15) is 41.1 Å². The van der Waals surface area contributed by atoms with Gasteiger partial charge in [0.25, 0.3) is 0 Å². The minimum Gasteiger partial charge on any atom is -0.420 e. The van der Waals surface area contributed by atoms with Gasteiger partial charge in [-0.1, -0.05) is 32.9 Å². The topological polar surface area (TPSA) is 140 Å². The predicted molar refractivity (Wildman–Crippen MR) is 154 cm³/mol. The number of aliphatic hydroxyl groups excluding tert-OH is 1. The molecule has 10 nitrogen and oxygen atoms in total. The summed E-state index contributed by atoms with van der Waals surface area (Å²) < 4.78 is 81.3. The normalized spacial score (nSPS) is 12.5. The van der Waals surface area contributed by atoms with E-state index >= 15 is 0 Å². The van der Waals surface area contributed by atoms with Gasteiger partial charge in [0, 0.05) is 31.1 Å². The zero-order valence-electron chi connectivity index (χ0n) is 25.6. The molecule has 0 aliphatic rings. The number of ketones is 1. The molecular formula is C31H37F5N2O8. The maximum absolute atomic E-state index is 13.6. The number of halogens is 5. The van der Waals surface area contributed by atoms with E-state index in [1.54, 1.807) is 45.0 Å². The molecule has 0 bridgehead atoms. The van der Waals surface area contributed by atoms with E-state index in [-0.39, 0.29) is 69.4 Å². The number of carbonyl (C=O) groups is 4. The Labute approximate surface area is 262 Å². The third kappa shape index (κ3) is 11.8. The average molecular weight is 661 g/mol. The molecule has 3 N–H and O–H groups in total. The second-order valence-corrected chi connectivity index (χ2v) is 10.7. The zero-order valence-corrected chi connectivity index (χ0v) is 25.6.